The second kappa shape index (κ2) is 40.4. The third-order valence-electron chi connectivity index (χ3n) is 15.2. The standard InChI is InChI=1S/C18H28N6O4S.2C17H26N6O4S.C16H24N6O4S/c1-12-13(22-29(6,26)27)8-9-14(19-12)15-16(24(5)23-21-15)20-17(25)28-11-7-10-18(2,3)4;1-11-12(21-28(6,25)26)7-8-13(18-11)14-15(23(5)22-20-14)19-16(24)27-10-9-17(2,3)4;1-5-6-7-8-11-27-17(24)19-16-15(20-22-23(16)3)14-10-9-13(12(2)18-14)21-28(4,25)26;1-10(2)8-9-26-16(23)18-15-14(19-21-22(15)4)13-7-6-12(11(3)17-13)20-27(5,24)25/h8-9,22H,7,10-11H2,1-6H3,(H,20,25);7-8,21H,9-10H2,1-6H3,(H,19,24);9-10,21H,5-8,11H2,1-4H3,(H,19,24);6-7,10,20H,8-9H2,1-5H3,(H,18,23). The zero-order valence-electron chi connectivity index (χ0n) is 67.0. The number of nitrogens with one attached hydrogen (secondary N) is 8. The van der Waals surface area contributed by atoms with Crippen LogP contribution in [-0.4, -0.2) is 189 Å². The van der Waals surface area contributed by atoms with E-state index in [0.29, 0.717) is 147 Å². The number of unbranched alkanes of at least 4 members (excludes halogenated alkanes) is 3. The van der Waals surface area contributed by atoms with Crippen LogP contribution in [0.25, 0.3) is 45.6 Å². The summed E-state index contributed by atoms with van der Waals surface area (Å²) in [5.74, 6) is 1.77. The van der Waals surface area contributed by atoms with Gasteiger partial charge in [-0.05, 0) is 125 Å². The van der Waals surface area contributed by atoms with Crippen LogP contribution in [0.5, 0.6) is 0 Å². The summed E-state index contributed by atoms with van der Waals surface area (Å²) in [5, 5.41) is 42.4. The lowest BCUT2D eigenvalue weighted by Crippen LogP contribution is -2.19. The summed E-state index contributed by atoms with van der Waals surface area (Å²) in [6, 6.07) is 12.7. The third-order valence-corrected chi connectivity index (χ3v) is 17.6. The normalized spacial score (nSPS) is 11.7. The highest BCUT2D eigenvalue weighted by atomic mass is 32.2. The molecular weight excluding hydrogens is 1540 g/mol. The predicted octanol–water partition coefficient (Wildman–Crippen LogP) is 10.3. The molecule has 8 aromatic rings. The van der Waals surface area contributed by atoms with Gasteiger partial charge in [0, 0.05) is 28.2 Å². The monoisotopic (exact) mass is 1640 g/mol. The van der Waals surface area contributed by atoms with Crippen molar-refractivity contribution in [2.24, 2.45) is 44.9 Å². The van der Waals surface area contributed by atoms with Gasteiger partial charge >= 0.3 is 24.4 Å². The summed E-state index contributed by atoms with van der Waals surface area (Å²) in [6.07, 6.45) is 9.11. The molecule has 0 aliphatic rings. The van der Waals surface area contributed by atoms with Gasteiger partial charge in [-0.2, -0.15) is 0 Å². The van der Waals surface area contributed by atoms with Gasteiger partial charge in [-0.3, -0.25) is 40.2 Å². The second-order valence-electron chi connectivity index (χ2n) is 28.7. The van der Waals surface area contributed by atoms with Gasteiger partial charge in [-0.1, -0.05) is 102 Å². The van der Waals surface area contributed by atoms with Crippen LogP contribution in [0.2, 0.25) is 0 Å². The molecule has 44 heteroatoms. The van der Waals surface area contributed by atoms with Crippen molar-refractivity contribution in [1.82, 2.24) is 79.9 Å². The summed E-state index contributed by atoms with van der Waals surface area (Å²) in [6.45, 7) is 26.7. The molecule has 8 aromatic heterocycles. The molecule has 0 aromatic carbocycles. The minimum absolute atomic E-state index is 0.0583. The average molecular weight is 1640 g/mol. The number of aryl methyl sites for hydroxylation is 8. The van der Waals surface area contributed by atoms with Crippen molar-refractivity contribution >= 4 is 110 Å². The first-order chi connectivity index (χ1) is 52.0. The molecule has 40 nitrogen and oxygen atoms in total. The molecule has 0 aliphatic heterocycles. The first-order valence-electron chi connectivity index (χ1n) is 35.2. The number of pyridine rings is 4. The molecule has 8 heterocycles. The molecule has 0 unspecified atom stereocenters. The molecule has 8 N–H and O–H groups in total. The summed E-state index contributed by atoms with van der Waals surface area (Å²) < 4.78 is 127. The number of hydrogen-bond acceptors (Lipinski definition) is 28. The van der Waals surface area contributed by atoms with Gasteiger partial charge in [0.25, 0.3) is 0 Å². The first kappa shape index (κ1) is 91.8. The SMILES string of the molecule is CCCCCCOC(=O)Nc1c(-c2ccc(NS(C)(=O)=O)c(C)n2)nnn1C.Cc1nc(-c2nnn(C)c2NC(=O)OCCC(C)(C)C)ccc1NS(C)(=O)=O.Cc1nc(-c2nnn(C)c2NC(=O)OCCC(C)C)ccc1NS(C)(=O)=O.Cc1nc(-c2nnn(C)c2NC(=O)OCCCC(C)(C)C)ccc1NS(C)(=O)=O. The minimum atomic E-state index is -3.41. The minimum Gasteiger partial charge on any atom is -0.449 e. The molecule has 0 radical (unpaired) electrons. The second-order valence-corrected chi connectivity index (χ2v) is 35.7. The van der Waals surface area contributed by atoms with Crippen molar-refractivity contribution in [3.8, 4) is 45.6 Å². The molecule has 0 bridgehead atoms. The van der Waals surface area contributed by atoms with Gasteiger partial charge in [0.15, 0.2) is 46.0 Å². The molecular formula is C68H104N24O16S4. The zero-order chi connectivity index (χ0) is 83.9. The number of anilines is 8. The lowest BCUT2D eigenvalue weighted by atomic mass is 9.91. The Labute approximate surface area is 653 Å². The van der Waals surface area contributed by atoms with Gasteiger partial charge in [-0.15, -0.1) is 20.4 Å². The highest BCUT2D eigenvalue weighted by Crippen LogP contribution is 2.32. The third kappa shape index (κ3) is 31.9. The predicted molar refractivity (Wildman–Crippen MR) is 426 cm³/mol. The Hall–Kier alpha value is -10.8. The van der Waals surface area contributed by atoms with Crippen molar-refractivity contribution in [3.05, 3.63) is 71.3 Å². The maximum Gasteiger partial charge on any atom is 0.412 e. The summed E-state index contributed by atoms with van der Waals surface area (Å²) >= 11 is 0. The number of rotatable bonds is 29. The van der Waals surface area contributed by atoms with E-state index in [-0.39, 0.29) is 10.8 Å². The Morgan fingerprint density at radius 2 is 0.643 bits per heavy atom. The van der Waals surface area contributed by atoms with Crippen LogP contribution in [0.3, 0.4) is 0 Å². The summed E-state index contributed by atoms with van der Waals surface area (Å²) in [5.41, 5.74) is 6.77. The summed E-state index contributed by atoms with van der Waals surface area (Å²) in [4.78, 5) is 65.8. The van der Waals surface area contributed by atoms with Crippen LogP contribution in [0, 0.1) is 44.4 Å². The molecule has 0 fully saturated rings. The fourth-order valence-electron chi connectivity index (χ4n) is 9.51. The Balaban J connectivity index is 0.000000267. The van der Waals surface area contributed by atoms with E-state index < -0.39 is 64.5 Å². The molecule has 0 saturated heterocycles. The van der Waals surface area contributed by atoms with Crippen LogP contribution in [0.15, 0.2) is 48.5 Å². The van der Waals surface area contributed by atoms with E-state index in [9.17, 15) is 52.8 Å². The van der Waals surface area contributed by atoms with Crippen molar-refractivity contribution in [3.63, 3.8) is 0 Å². The van der Waals surface area contributed by atoms with Gasteiger partial charge in [-0.25, -0.2) is 91.5 Å². The molecule has 0 atom stereocenters. The zero-order valence-corrected chi connectivity index (χ0v) is 70.3. The highest BCUT2D eigenvalue weighted by molar-refractivity contribution is 7.92. The number of sulfonamides is 4. The van der Waals surface area contributed by atoms with E-state index in [4.69, 9.17) is 18.9 Å². The van der Waals surface area contributed by atoms with Gasteiger partial charge in [0.1, 0.15) is 0 Å². The summed E-state index contributed by atoms with van der Waals surface area (Å²) in [7, 11) is -7.10. The van der Waals surface area contributed by atoms with Gasteiger partial charge < -0.3 is 18.9 Å². The lowest BCUT2D eigenvalue weighted by Gasteiger charge is -2.17. The number of ether oxygens (including phenoxy) is 4. The lowest BCUT2D eigenvalue weighted by molar-refractivity contribution is 0.144. The smallest absolute Gasteiger partial charge is 0.412 e. The molecule has 0 aliphatic carbocycles. The Kier molecular flexibility index (Phi) is 33.2. The number of nitrogens with zero attached hydrogens (tertiary/aromatic N) is 16. The molecule has 4 amide bonds. The van der Waals surface area contributed by atoms with Crippen molar-refractivity contribution in [1.29, 1.82) is 0 Å². The fourth-order valence-corrected chi connectivity index (χ4v) is 12.0. The topological polar surface area (TPSA) is 512 Å². The first-order valence-corrected chi connectivity index (χ1v) is 42.7. The van der Waals surface area contributed by atoms with E-state index in [1.165, 1.54) is 18.7 Å². The molecule has 0 saturated carbocycles. The number of carbonyl (C=O) groups is 4. The number of carbonyl (C=O) groups excluding carboxylic acids is 4. The number of amides is 4. The Bertz CT molecular complexity index is 5030. The fraction of sp³-hybridized carbons (Fsp3) is 0.529. The molecule has 616 valence electrons. The average Bonchev–Trinajstić information content (AvgIpc) is 1.60. The van der Waals surface area contributed by atoms with E-state index in [1.807, 2.05) is 13.8 Å². The molecule has 112 heavy (non-hydrogen) atoms. The highest BCUT2D eigenvalue weighted by Gasteiger charge is 2.25. The Morgan fingerprint density at radius 1 is 0.384 bits per heavy atom. The van der Waals surface area contributed by atoms with E-state index in [1.54, 1.807) is 104 Å². The van der Waals surface area contributed by atoms with Crippen molar-refractivity contribution in [2.75, 3.05) is 91.6 Å². The van der Waals surface area contributed by atoms with E-state index >= 15 is 0 Å². The van der Waals surface area contributed by atoms with Gasteiger partial charge in [0.05, 0.1) is 120 Å². The maximum atomic E-state index is 12.1. The van der Waals surface area contributed by atoms with Crippen LogP contribution < -0.4 is 40.2 Å². The van der Waals surface area contributed by atoms with Gasteiger partial charge in [0.2, 0.25) is 40.1 Å². The maximum absolute atomic E-state index is 12.1. The molecule has 0 spiro atoms. The van der Waals surface area contributed by atoms with Crippen LogP contribution in [0.1, 0.15) is 136 Å². The van der Waals surface area contributed by atoms with E-state index in [2.05, 4.69) is 150 Å². The van der Waals surface area contributed by atoms with Crippen molar-refractivity contribution < 1.29 is 71.8 Å². The van der Waals surface area contributed by atoms with E-state index in [0.717, 1.165) is 76.4 Å². The molecule has 8 rings (SSSR count). The van der Waals surface area contributed by atoms with Crippen LogP contribution in [0.4, 0.5) is 65.2 Å². The number of hydrogen-bond donors (Lipinski definition) is 8. The van der Waals surface area contributed by atoms with Crippen molar-refractivity contribution in [2.45, 2.75) is 141 Å². The Morgan fingerprint density at radius 3 is 0.884 bits per heavy atom. The quantitative estimate of drug-likeness (QED) is 0.0159. The largest absolute Gasteiger partial charge is 0.449 e. The van der Waals surface area contributed by atoms with Crippen LogP contribution >= 0.6 is 0 Å². The number of aromatic nitrogens is 16. The van der Waals surface area contributed by atoms with Crippen LogP contribution in [-0.2, 0) is 87.2 Å².